The zero-order valence-corrected chi connectivity index (χ0v) is 19.6. The summed E-state index contributed by atoms with van der Waals surface area (Å²) >= 11 is 0. The third kappa shape index (κ3) is 5.99. The largest absolute Gasteiger partial charge is 0.492 e. The van der Waals surface area contributed by atoms with E-state index in [0.717, 1.165) is 55.2 Å². The van der Waals surface area contributed by atoms with Crippen molar-refractivity contribution in [2.75, 3.05) is 33.4 Å². The van der Waals surface area contributed by atoms with E-state index in [1.165, 1.54) is 6.92 Å². The normalized spacial score (nSPS) is 14.5. The van der Waals surface area contributed by atoms with E-state index >= 15 is 0 Å². The van der Waals surface area contributed by atoms with Gasteiger partial charge in [0.2, 0.25) is 0 Å². The predicted octanol–water partition coefficient (Wildman–Crippen LogP) is 3.51. The monoisotopic (exact) mass is 441 g/mol. The molecule has 32 heavy (non-hydrogen) atoms. The number of rotatable bonds is 10. The minimum absolute atomic E-state index is 0.0260. The Balaban J connectivity index is 1.53. The molecular formula is C25H35N3O4. The molecule has 1 amide bonds. The molecule has 3 rings (SSSR count). The highest BCUT2D eigenvalue weighted by atomic mass is 16.5. The Morgan fingerprint density at radius 1 is 1.28 bits per heavy atom. The number of carbonyl (C=O) groups is 2. The Labute approximate surface area is 190 Å². The van der Waals surface area contributed by atoms with Crippen molar-refractivity contribution in [2.24, 2.45) is 0 Å². The van der Waals surface area contributed by atoms with Crippen molar-refractivity contribution in [3.63, 3.8) is 0 Å². The molecule has 1 aliphatic rings. The van der Waals surface area contributed by atoms with Crippen molar-refractivity contribution in [2.45, 2.75) is 52.6 Å². The molecule has 0 spiro atoms. The Hall–Kier alpha value is -2.64. The van der Waals surface area contributed by atoms with Gasteiger partial charge in [-0.15, -0.1) is 0 Å². The highest BCUT2D eigenvalue weighted by molar-refractivity contribution is 6.02. The van der Waals surface area contributed by atoms with Crippen LogP contribution in [0.4, 0.5) is 0 Å². The first kappa shape index (κ1) is 24.0. The molecule has 1 aliphatic heterocycles. The number of likely N-dealkylation sites (N-methyl/N-ethyl adjacent to an activating group) is 1. The molecule has 2 aromatic rings. The summed E-state index contributed by atoms with van der Waals surface area (Å²) < 4.78 is 11.4. The van der Waals surface area contributed by atoms with Crippen LogP contribution in [0, 0.1) is 6.92 Å². The number of aromatic nitrogens is 1. The molecule has 2 N–H and O–H groups in total. The van der Waals surface area contributed by atoms with Gasteiger partial charge in [-0.2, -0.15) is 0 Å². The van der Waals surface area contributed by atoms with Crippen LogP contribution >= 0.6 is 0 Å². The summed E-state index contributed by atoms with van der Waals surface area (Å²) in [4.78, 5) is 30.1. The number of ketones is 1. The number of ether oxygens (including phenoxy) is 2. The molecule has 1 aromatic heterocycles. The maximum Gasteiger partial charge on any atom is 0.268 e. The van der Waals surface area contributed by atoms with Gasteiger partial charge in [-0.25, -0.2) is 0 Å². The number of Topliss-reactive ketones (excluding diaryl/α,β-unsaturated/α-hetero) is 1. The Bertz CT molecular complexity index is 931. The first-order chi connectivity index (χ1) is 15.4. The number of carbonyl (C=O) groups excluding carboxylic acids is 2. The third-order valence-electron chi connectivity index (χ3n) is 6.10. The maximum absolute atomic E-state index is 12.8. The van der Waals surface area contributed by atoms with Crippen LogP contribution in [0.5, 0.6) is 5.75 Å². The van der Waals surface area contributed by atoms with Crippen molar-refractivity contribution in [1.82, 2.24) is 15.2 Å². The van der Waals surface area contributed by atoms with Gasteiger partial charge < -0.3 is 19.8 Å². The Morgan fingerprint density at radius 2 is 2.03 bits per heavy atom. The molecule has 0 bridgehead atoms. The lowest BCUT2D eigenvalue weighted by molar-refractivity contribution is 0.0392. The summed E-state index contributed by atoms with van der Waals surface area (Å²) in [6, 6.07) is 8.34. The van der Waals surface area contributed by atoms with E-state index in [1.807, 2.05) is 38.1 Å². The SMILES string of the molecule is CCc1c(C(=O)NCc2cccc(OCCN(C)C3CCOCC3)c2)[nH]c(C)c1C(C)=O. The van der Waals surface area contributed by atoms with Crippen LogP contribution in [0.25, 0.3) is 0 Å². The number of benzene rings is 1. The molecule has 7 heteroatoms. The predicted molar refractivity (Wildman–Crippen MR) is 124 cm³/mol. The molecule has 1 saturated heterocycles. The van der Waals surface area contributed by atoms with Gasteiger partial charge in [0, 0.05) is 43.6 Å². The lowest BCUT2D eigenvalue weighted by atomic mass is 10.0. The second kappa shape index (κ2) is 11.3. The highest BCUT2D eigenvalue weighted by Crippen LogP contribution is 2.21. The first-order valence-electron chi connectivity index (χ1n) is 11.4. The number of H-pyrrole nitrogens is 1. The summed E-state index contributed by atoms with van der Waals surface area (Å²) in [5, 5.41) is 2.96. The number of aromatic amines is 1. The van der Waals surface area contributed by atoms with Crippen LogP contribution in [0.3, 0.4) is 0 Å². The maximum atomic E-state index is 12.8. The molecule has 2 heterocycles. The molecule has 0 unspecified atom stereocenters. The molecule has 174 valence electrons. The molecule has 1 fully saturated rings. The number of nitrogens with one attached hydrogen (secondary N) is 2. The number of hydrogen-bond donors (Lipinski definition) is 2. The van der Waals surface area contributed by atoms with Gasteiger partial charge in [-0.1, -0.05) is 19.1 Å². The summed E-state index contributed by atoms with van der Waals surface area (Å²) in [7, 11) is 2.13. The smallest absolute Gasteiger partial charge is 0.268 e. The quantitative estimate of drug-likeness (QED) is 0.552. The molecule has 0 saturated carbocycles. The second-order valence-electron chi connectivity index (χ2n) is 8.39. The number of hydrogen-bond acceptors (Lipinski definition) is 5. The highest BCUT2D eigenvalue weighted by Gasteiger charge is 2.21. The van der Waals surface area contributed by atoms with E-state index in [4.69, 9.17) is 9.47 Å². The third-order valence-corrected chi connectivity index (χ3v) is 6.10. The van der Waals surface area contributed by atoms with Crippen molar-refractivity contribution in [3.05, 3.63) is 52.3 Å². The molecule has 0 atom stereocenters. The molecule has 1 aromatic carbocycles. The minimum atomic E-state index is -0.207. The molecule has 0 radical (unpaired) electrons. The fourth-order valence-electron chi connectivity index (χ4n) is 4.33. The average molecular weight is 442 g/mol. The summed E-state index contributed by atoms with van der Waals surface area (Å²) in [6.07, 6.45) is 2.76. The van der Waals surface area contributed by atoms with Crippen LogP contribution < -0.4 is 10.1 Å². The van der Waals surface area contributed by atoms with Gasteiger partial charge in [-0.05, 0) is 63.4 Å². The average Bonchev–Trinajstić information content (AvgIpc) is 3.14. The Kier molecular flexibility index (Phi) is 8.47. The van der Waals surface area contributed by atoms with Crippen LogP contribution in [0.15, 0.2) is 24.3 Å². The van der Waals surface area contributed by atoms with Gasteiger partial charge in [0.05, 0.1) is 0 Å². The fourth-order valence-corrected chi connectivity index (χ4v) is 4.33. The van der Waals surface area contributed by atoms with E-state index in [9.17, 15) is 9.59 Å². The van der Waals surface area contributed by atoms with E-state index < -0.39 is 0 Å². The van der Waals surface area contributed by atoms with Crippen molar-refractivity contribution >= 4 is 11.7 Å². The van der Waals surface area contributed by atoms with E-state index in [0.29, 0.717) is 36.9 Å². The summed E-state index contributed by atoms with van der Waals surface area (Å²) in [5.74, 6) is 0.560. The van der Waals surface area contributed by atoms with Gasteiger partial charge in [0.1, 0.15) is 18.1 Å². The second-order valence-corrected chi connectivity index (χ2v) is 8.39. The zero-order chi connectivity index (χ0) is 23.1. The van der Waals surface area contributed by atoms with E-state index in [1.54, 1.807) is 0 Å². The lowest BCUT2D eigenvalue weighted by Crippen LogP contribution is -2.38. The summed E-state index contributed by atoms with van der Waals surface area (Å²) in [5.41, 5.74) is 3.57. The van der Waals surface area contributed by atoms with Crippen LogP contribution in [0.1, 0.15) is 64.4 Å². The number of nitrogens with zero attached hydrogens (tertiary/aromatic N) is 1. The number of aryl methyl sites for hydroxylation is 1. The van der Waals surface area contributed by atoms with Crippen molar-refractivity contribution in [3.8, 4) is 5.75 Å². The minimum Gasteiger partial charge on any atom is -0.492 e. The number of amides is 1. The standard InChI is InChI=1S/C25H35N3O4/c1-5-22-23(18(3)29)17(2)27-24(22)25(30)26-16-19-7-6-8-21(15-19)32-14-11-28(4)20-9-12-31-13-10-20/h6-8,15,20,27H,5,9-14,16H2,1-4H3,(H,26,30). The molecule has 7 nitrogen and oxygen atoms in total. The first-order valence-corrected chi connectivity index (χ1v) is 11.4. The van der Waals surface area contributed by atoms with E-state index in [2.05, 4.69) is 22.2 Å². The van der Waals surface area contributed by atoms with Gasteiger partial charge >= 0.3 is 0 Å². The molecule has 0 aliphatic carbocycles. The summed E-state index contributed by atoms with van der Waals surface area (Å²) in [6.45, 7) is 8.83. The molecular weight excluding hydrogens is 406 g/mol. The van der Waals surface area contributed by atoms with Crippen LogP contribution in [-0.2, 0) is 17.7 Å². The van der Waals surface area contributed by atoms with Crippen LogP contribution in [-0.4, -0.2) is 61.0 Å². The van der Waals surface area contributed by atoms with Gasteiger partial charge in [0.25, 0.3) is 5.91 Å². The van der Waals surface area contributed by atoms with E-state index in [-0.39, 0.29) is 11.7 Å². The lowest BCUT2D eigenvalue weighted by Gasteiger charge is -2.31. The van der Waals surface area contributed by atoms with Gasteiger partial charge in [-0.3, -0.25) is 14.5 Å². The topological polar surface area (TPSA) is 83.7 Å². The zero-order valence-electron chi connectivity index (χ0n) is 19.6. The Morgan fingerprint density at radius 3 is 2.72 bits per heavy atom. The fraction of sp³-hybridized carbons (Fsp3) is 0.520. The van der Waals surface area contributed by atoms with Gasteiger partial charge in [0.15, 0.2) is 5.78 Å². The van der Waals surface area contributed by atoms with Crippen LogP contribution in [0.2, 0.25) is 0 Å². The van der Waals surface area contributed by atoms with Crippen molar-refractivity contribution in [1.29, 1.82) is 0 Å². The van der Waals surface area contributed by atoms with Crippen molar-refractivity contribution < 1.29 is 19.1 Å².